The molecule has 112 valence electrons. The van der Waals surface area contributed by atoms with Gasteiger partial charge in [0.05, 0.1) is 17.2 Å². The standard InChI is InChI=1S/C15H20N4OS/c1-3-13-16-6-8-19(13)12-5-4-7-18(9-12)15(20)14-11(2)17-10-21-14/h6,8,10,12H,3-5,7,9H2,1-2H3/t12-/m1/s1. The van der Waals surface area contributed by atoms with Gasteiger partial charge in [0.15, 0.2) is 0 Å². The fraction of sp³-hybridized carbons (Fsp3) is 0.533. The average molecular weight is 304 g/mol. The van der Waals surface area contributed by atoms with Gasteiger partial charge in [-0.2, -0.15) is 0 Å². The molecule has 1 aliphatic rings. The van der Waals surface area contributed by atoms with Crippen LogP contribution >= 0.6 is 11.3 Å². The number of carbonyl (C=O) groups excluding carboxylic acids is 1. The predicted molar refractivity (Wildman–Crippen MR) is 82.6 cm³/mol. The van der Waals surface area contributed by atoms with Gasteiger partial charge in [-0.05, 0) is 19.8 Å². The molecule has 6 heteroatoms. The smallest absolute Gasteiger partial charge is 0.265 e. The second-order valence-electron chi connectivity index (χ2n) is 5.42. The number of amides is 1. The molecular formula is C15H20N4OS. The molecule has 1 atom stereocenters. The van der Waals surface area contributed by atoms with E-state index in [-0.39, 0.29) is 5.91 Å². The molecule has 3 rings (SSSR count). The first kappa shape index (κ1) is 14.3. The molecule has 1 amide bonds. The maximum atomic E-state index is 12.6. The van der Waals surface area contributed by atoms with E-state index < -0.39 is 0 Å². The number of rotatable bonds is 3. The molecule has 0 unspecified atom stereocenters. The fourth-order valence-corrected chi connectivity index (χ4v) is 3.74. The van der Waals surface area contributed by atoms with Crippen LogP contribution in [0.4, 0.5) is 0 Å². The Hall–Kier alpha value is -1.69. The van der Waals surface area contributed by atoms with Crippen molar-refractivity contribution in [2.24, 2.45) is 0 Å². The number of nitrogens with zero attached hydrogens (tertiary/aromatic N) is 4. The summed E-state index contributed by atoms with van der Waals surface area (Å²) in [7, 11) is 0. The zero-order chi connectivity index (χ0) is 14.8. The minimum Gasteiger partial charge on any atom is -0.336 e. The molecule has 1 aliphatic heterocycles. The lowest BCUT2D eigenvalue weighted by Crippen LogP contribution is -2.40. The summed E-state index contributed by atoms with van der Waals surface area (Å²) in [6.07, 6.45) is 6.96. The molecular weight excluding hydrogens is 284 g/mol. The van der Waals surface area contributed by atoms with Crippen molar-refractivity contribution in [3.63, 3.8) is 0 Å². The van der Waals surface area contributed by atoms with Gasteiger partial charge in [0, 0.05) is 31.9 Å². The third-order valence-electron chi connectivity index (χ3n) is 4.08. The monoisotopic (exact) mass is 304 g/mol. The molecule has 2 aromatic rings. The first-order chi connectivity index (χ1) is 10.2. The van der Waals surface area contributed by atoms with E-state index in [4.69, 9.17) is 0 Å². The van der Waals surface area contributed by atoms with Crippen LogP contribution in [0.2, 0.25) is 0 Å². The van der Waals surface area contributed by atoms with E-state index in [1.54, 1.807) is 5.51 Å². The quantitative estimate of drug-likeness (QED) is 0.876. The first-order valence-electron chi connectivity index (χ1n) is 7.41. The van der Waals surface area contributed by atoms with Gasteiger partial charge < -0.3 is 9.47 Å². The molecule has 0 saturated carbocycles. The summed E-state index contributed by atoms with van der Waals surface area (Å²) in [5.74, 6) is 1.22. The number of imidazole rings is 1. The summed E-state index contributed by atoms with van der Waals surface area (Å²) in [5, 5.41) is 0. The van der Waals surface area contributed by atoms with Gasteiger partial charge in [-0.15, -0.1) is 11.3 Å². The zero-order valence-corrected chi connectivity index (χ0v) is 13.3. The Labute approximate surface area is 128 Å². The van der Waals surface area contributed by atoms with Gasteiger partial charge in [0.25, 0.3) is 5.91 Å². The lowest BCUT2D eigenvalue weighted by molar-refractivity contribution is 0.0682. The normalized spacial score (nSPS) is 19.0. The van der Waals surface area contributed by atoms with Gasteiger partial charge in [-0.25, -0.2) is 9.97 Å². The molecule has 1 saturated heterocycles. The maximum absolute atomic E-state index is 12.6. The van der Waals surface area contributed by atoms with Crippen molar-refractivity contribution in [3.8, 4) is 0 Å². The van der Waals surface area contributed by atoms with Crippen LogP contribution in [0.25, 0.3) is 0 Å². The topological polar surface area (TPSA) is 51.0 Å². The Morgan fingerprint density at radius 1 is 1.48 bits per heavy atom. The molecule has 3 heterocycles. The van der Waals surface area contributed by atoms with E-state index in [9.17, 15) is 4.79 Å². The predicted octanol–water partition coefficient (Wildman–Crippen LogP) is 2.69. The Kier molecular flexibility index (Phi) is 4.05. The summed E-state index contributed by atoms with van der Waals surface area (Å²) < 4.78 is 2.24. The van der Waals surface area contributed by atoms with Crippen LogP contribution in [0.15, 0.2) is 17.9 Å². The largest absolute Gasteiger partial charge is 0.336 e. The van der Waals surface area contributed by atoms with Crippen LogP contribution < -0.4 is 0 Å². The Morgan fingerprint density at radius 2 is 2.33 bits per heavy atom. The van der Waals surface area contributed by atoms with Gasteiger partial charge in [0.1, 0.15) is 10.7 Å². The molecule has 0 aliphatic carbocycles. The summed E-state index contributed by atoms with van der Waals surface area (Å²) in [5.41, 5.74) is 2.58. The SMILES string of the molecule is CCc1nccn1[C@@H]1CCCN(C(=O)c2scnc2C)C1. The Balaban J connectivity index is 1.77. The Bertz CT molecular complexity index is 633. The minimum atomic E-state index is 0.123. The fourth-order valence-electron chi connectivity index (χ4n) is 2.97. The molecule has 21 heavy (non-hydrogen) atoms. The van der Waals surface area contributed by atoms with E-state index in [1.807, 2.05) is 24.2 Å². The molecule has 1 fully saturated rings. The van der Waals surface area contributed by atoms with Crippen LogP contribution in [0.3, 0.4) is 0 Å². The molecule has 0 bridgehead atoms. The number of hydrogen-bond donors (Lipinski definition) is 0. The highest BCUT2D eigenvalue weighted by Crippen LogP contribution is 2.25. The van der Waals surface area contributed by atoms with Gasteiger partial charge >= 0.3 is 0 Å². The number of hydrogen-bond acceptors (Lipinski definition) is 4. The number of likely N-dealkylation sites (tertiary alicyclic amines) is 1. The third kappa shape index (κ3) is 2.72. The first-order valence-corrected chi connectivity index (χ1v) is 8.29. The summed E-state index contributed by atoms with van der Waals surface area (Å²) >= 11 is 1.44. The van der Waals surface area contributed by atoms with E-state index >= 15 is 0 Å². The third-order valence-corrected chi connectivity index (χ3v) is 5.00. The van der Waals surface area contributed by atoms with Crippen molar-refractivity contribution in [2.45, 2.75) is 39.2 Å². The number of aromatic nitrogens is 3. The molecule has 0 aromatic carbocycles. The highest BCUT2D eigenvalue weighted by Gasteiger charge is 2.27. The van der Waals surface area contributed by atoms with Crippen molar-refractivity contribution >= 4 is 17.2 Å². The molecule has 0 radical (unpaired) electrons. The van der Waals surface area contributed by atoms with Crippen LogP contribution in [0.1, 0.15) is 47.0 Å². The molecule has 5 nitrogen and oxygen atoms in total. The lowest BCUT2D eigenvalue weighted by Gasteiger charge is -2.34. The van der Waals surface area contributed by atoms with Gasteiger partial charge in [-0.1, -0.05) is 6.92 Å². The van der Waals surface area contributed by atoms with Crippen molar-refractivity contribution in [1.82, 2.24) is 19.4 Å². The highest BCUT2D eigenvalue weighted by molar-refractivity contribution is 7.11. The molecule has 0 spiro atoms. The second kappa shape index (κ2) is 5.97. The molecule has 0 N–H and O–H groups in total. The number of thiazole rings is 1. The van der Waals surface area contributed by atoms with Crippen LogP contribution in [-0.2, 0) is 6.42 Å². The second-order valence-corrected chi connectivity index (χ2v) is 6.27. The number of aryl methyl sites for hydroxylation is 2. The van der Waals surface area contributed by atoms with Crippen molar-refractivity contribution in [1.29, 1.82) is 0 Å². The maximum Gasteiger partial charge on any atom is 0.265 e. The van der Waals surface area contributed by atoms with Gasteiger partial charge in [-0.3, -0.25) is 4.79 Å². The van der Waals surface area contributed by atoms with Gasteiger partial charge in [0.2, 0.25) is 0 Å². The van der Waals surface area contributed by atoms with Crippen LogP contribution in [0.5, 0.6) is 0 Å². The van der Waals surface area contributed by atoms with Crippen LogP contribution in [0, 0.1) is 6.92 Å². The number of carbonyl (C=O) groups is 1. The zero-order valence-electron chi connectivity index (χ0n) is 12.5. The summed E-state index contributed by atoms with van der Waals surface area (Å²) in [6.45, 7) is 5.61. The Morgan fingerprint density at radius 3 is 3.05 bits per heavy atom. The number of piperidine rings is 1. The van der Waals surface area contributed by atoms with E-state index in [0.717, 1.165) is 48.7 Å². The minimum absolute atomic E-state index is 0.123. The average Bonchev–Trinajstić information content (AvgIpc) is 3.15. The van der Waals surface area contributed by atoms with Crippen LogP contribution in [-0.4, -0.2) is 38.4 Å². The highest BCUT2D eigenvalue weighted by atomic mass is 32.1. The van der Waals surface area contributed by atoms with E-state index in [1.165, 1.54) is 11.3 Å². The van der Waals surface area contributed by atoms with Crippen molar-refractivity contribution in [2.75, 3.05) is 13.1 Å². The van der Waals surface area contributed by atoms with E-state index in [2.05, 4.69) is 21.5 Å². The van der Waals surface area contributed by atoms with Crippen molar-refractivity contribution < 1.29 is 4.79 Å². The lowest BCUT2D eigenvalue weighted by atomic mass is 10.0. The summed E-state index contributed by atoms with van der Waals surface area (Å²) in [4.78, 5) is 23.9. The van der Waals surface area contributed by atoms with E-state index in [0.29, 0.717) is 6.04 Å². The molecule has 2 aromatic heterocycles. The summed E-state index contributed by atoms with van der Waals surface area (Å²) in [6, 6.07) is 0.341. The van der Waals surface area contributed by atoms with Crippen molar-refractivity contribution in [3.05, 3.63) is 34.3 Å².